The lowest BCUT2D eigenvalue weighted by Gasteiger charge is -2.31. The van der Waals surface area contributed by atoms with Crippen molar-refractivity contribution in [2.24, 2.45) is 0 Å². The average Bonchev–Trinajstić information content (AvgIpc) is 3.23. The van der Waals surface area contributed by atoms with Gasteiger partial charge in [-0.15, -0.1) is 5.10 Å². The molecule has 0 fully saturated rings. The first-order chi connectivity index (χ1) is 16.3. The molecule has 0 saturated heterocycles. The van der Waals surface area contributed by atoms with E-state index in [4.69, 9.17) is 18.9 Å². The summed E-state index contributed by atoms with van der Waals surface area (Å²) in [7, 11) is 0. The van der Waals surface area contributed by atoms with E-state index < -0.39 is 35.4 Å². The maximum atomic E-state index is 11.3. The van der Waals surface area contributed by atoms with Crippen LogP contribution in [0.15, 0.2) is 42.6 Å². The van der Waals surface area contributed by atoms with Gasteiger partial charge >= 0.3 is 11.9 Å². The Hall–Kier alpha value is -3.64. The Morgan fingerprint density at radius 1 is 1.18 bits per heavy atom. The highest BCUT2D eigenvalue weighted by Gasteiger charge is 2.31. The molecule has 1 aliphatic heterocycles. The zero-order chi connectivity index (χ0) is 24.5. The molecule has 0 radical (unpaired) electrons. The molecule has 0 amide bonds. The Balaban J connectivity index is 1.43. The third kappa shape index (κ3) is 7.74. The highest BCUT2D eigenvalue weighted by atomic mass is 16.7. The van der Waals surface area contributed by atoms with E-state index in [2.05, 4.69) is 10.3 Å². The highest BCUT2D eigenvalue weighted by molar-refractivity contribution is 5.66. The van der Waals surface area contributed by atoms with Gasteiger partial charge in [0, 0.05) is 32.2 Å². The Morgan fingerprint density at radius 3 is 2.62 bits per heavy atom. The zero-order valence-electron chi connectivity index (χ0n) is 18.9. The van der Waals surface area contributed by atoms with Gasteiger partial charge in [-0.05, 0) is 30.6 Å². The van der Waals surface area contributed by atoms with Gasteiger partial charge in [0.05, 0.1) is 23.8 Å². The van der Waals surface area contributed by atoms with E-state index >= 15 is 0 Å². The monoisotopic (exact) mass is 474 g/mol. The smallest absolute Gasteiger partial charge is 0.303 e. The molecule has 3 rings (SSSR count). The molecule has 1 unspecified atom stereocenters. The Morgan fingerprint density at radius 2 is 1.94 bits per heavy atom. The summed E-state index contributed by atoms with van der Waals surface area (Å²) in [5.41, 5.74) is 1.70. The van der Waals surface area contributed by atoms with Crippen molar-refractivity contribution in [3.63, 3.8) is 0 Å². The number of aryl methyl sites for hydroxylation is 1. The molecule has 3 atom stereocenters. The molecule has 1 aromatic carbocycles. The van der Waals surface area contributed by atoms with Crippen LogP contribution < -0.4 is 0 Å². The molecule has 0 N–H and O–H groups in total. The molecule has 12 heteroatoms. The minimum Gasteiger partial charge on any atom is -0.463 e. The van der Waals surface area contributed by atoms with Gasteiger partial charge in [-0.1, -0.05) is 17.3 Å². The lowest BCUT2D eigenvalue weighted by Crippen LogP contribution is -2.42. The first-order valence-electron chi connectivity index (χ1n) is 10.7. The van der Waals surface area contributed by atoms with Crippen LogP contribution in [0.5, 0.6) is 0 Å². The third-order valence-electron chi connectivity index (χ3n) is 4.82. The lowest BCUT2D eigenvalue weighted by molar-refractivity contribution is -0.384. The first kappa shape index (κ1) is 25.0. The van der Waals surface area contributed by atoms with Crippen LogP contribution in [0.3, 0.4) is 0 Å². The molecule has 2 heterocycles. The molecule has 0 spiro atoms. The lowest BCUT2D eigenvalue weighted by atomic mass is 10.1. The molecule has 1 aliphatic rings. The Labute approximate surface area is 195 Å². The fraction of sp³-hybridized carbons (Fsp3) is 0.455. The average molecular weight is 474 g/mol. The highest BCUT2D eigenvalue weighted by Crippen LogP contribution is 2.18. The number of nitrogens with zero attached hydrogens (tertiary/aromatic N) is 4. The van der Waals surface area contributed by atoms with E-state index in [1.54, 1.807) is 29.0 Å². The van der Waals surface area contributed by atoms with Gasteiger partial charge in [0.2, 0.25) is 0 Å². The number of hydrogen-bond acceptors (Lipinski definition) is 10. The summed E-state index contributed by atoms with van der Waals surface area (Å²) < 4.78 is 23.3. The molecule has 0 bridgehead atoms. The van der Waals surface area contributed by atoms with Crippen LogP contribution in [0, 0.1) is 10.1 Å². The van der Waals surface area contributed by atoms with Crippen molar-refractivity contribution in [1.29, 1.82) is 0 Å². The van der Waals surface area contributed by atoms with Gasteiger partial charge in [-0.2, -0.15) is 0 Å². The van der Waals surface area contributed by atoms with E-state index in [0.717, 1.165) is 11.3 Å². The summed E-state index contributed by atoms with van der Waals surface area (Å²) in [4.78, 5) is 32.7. The van der Waals surface area contributed by atoms with Crippen LogP contribution >= 0.6 is 0 Å². The Bertz CT molecular complexity index is 1020. The second kappa shape index (κ2) is 12.0. The van der Waals surface area contributed by atoms with Gasteiger partial charge in [0.25, 0.3) is 5.69 Å². The standard InChI is InChI=1S/C22H26N4O8/c1-15(27)32-14-21-20(33-16(2)28)9-10-22(34-21)31-11-3-4-18-13-25(24-23-18)12-17-5-7-19(8-6-17)26(29)30/h5-10,13,20-22H,3-4,11-12,14H2,1-2H3/t20-,21+,22?/m0/s1. The minimum absolute atomic E-state index is 0.0411. The van der Waals surface area contributed by atoms with E-state index in [-0.39, 0.29) is 12.3 Å². The maximum absolute atomic E-state index is 11.3. The summed E-state index contributed by atoms with van der Waals surface area (Å²) >= 11 is 0. The summed E-state index contributed by atoms with van der Waals surface area (Å²) in [5, 5.41) is 19.0. The van der Waals surface area contributed by atoms with Crippen molar-refractivity contribution < 1.29 is 33.5 Å². The molecule has 1 aromatic heterocycles. The number of aromatic nitrogens is 3. The van der Waals surface area contributed by atoms with E-state index in [0.29, 0.717) is 26.0 Å². The van der Waals surface area contributed by atoms with Crippen LogP contribution in [0.1, 0.15) is 31.5 Å². The number of nitro benzene ring substituents is 1. The number of benzene rings is 1. The first-order valence-corrected chi connectivity index (χ1v) is 10.7. The number of rotatable bonds is 11. The maximum Gasteiger partial charge on any atom is 0.303 e. The van der Waals surface area contributed by atoms with Crippen molar-refractivity contribution in [1.82, 2.24) is 15.0 Å². The normalized spacial score (nSPS) is 19.5. The van der Waals surface area contributed by atoms with Crippen LogP contribution in [0.4, 0.5) is 5.69 Å². The van der Waals surface area contributed by atoms with Crippen molar-refractivity contribution >= 4 is 17.6 Å². The number of ether oxygens (including phenoxy) is 4. The topological polar surface area (TPSA) is 145 Å². The Kier molecular flexibility index (Phi) is 8.82. The second-order valence-electron chi connectivity index (χ2n) is 7.61. The predicted molar refractivity (Wildman–Crippen MR) is 116 cm³/mol. The minimum atomic E-state index is -0.665. The summed E-state index contributed by atoms with van der Waals surface area (Å²) in [6.45, 7) is 3.35. The molecule has 0 aliphatic carbocycles. The van der Waals surface area contributed by atoms with E-state index in [1.807, 2.05) is 6.20 Å². The SMILES string of the molecule is CC(=O)OC[C@H]1OC(OCCCc2cn(Cc3ccc([N+](=O)[O-])cc3)nn2)C=C[C@@H]1OC(C)=O. The molecule has 2 aromatic rings. The van der Waals surface area contributed by atoms with Gasteiger partial charge in [-0.3, -0.25) is 19.7 Å². The van der Waals surface area contributed by atoms with Crippen LogP contribution in [-0.2, 0) is 41.5 Å². The van der Waals surface area contributed by atoms with Crippen molar-refractivity contribution in [3.8, 4) is 0 Å². The van der Waals surface area contributed by atoms with Gasteiger partial charge in [0.15, 0.2) is 6.29 Å². The van der Waals surface area contributed by atoms with Crippen LogP contribution in [0.25, 0.3) is 0 Å². The number of esters is 2. The molecular formula is C22H26N4O8. The predicted octanol–water partition coefficient (Wildman–Crippen LogP) is 1.96. The van der Waals surface area contributed by atoms with Gasteiger partial charge < -0.3 is 18.9 Å². The fourth-order valence-corrected chi connectivity index (χ4v) is 3.25. The molecular weight excluding hydrogens is 448 g/mol. The fourth-order valence-electron chi connectivity index (χ4n) is 3.25. The molecule has 0 saturated carbocycles. The van der Waals surface area contributed by atoms with Crippen molar-refractivity contribution in [2.45, 2.75) is 51.7 Å². The number of non-ortho nitro benzene ring substituents is 1. The summed E-state index contributed by atoms with van der Waals surface area (Å²) in [6, 6.07) is 6.28. The van der Waals surface area contributed by atoms with E-state index in [1.165, 1.54) is 26.0 Å². The van der Waals surface area contributed by atoms with Crippen molar-refractivity contribution in [2.75, 3.05) is 13.2 Å². The molecule has 34 heavy (non-hydrogen) atoms. The summed E-state index contributed by atoms with van der Waals surface area (Å²) in [6.07, 6.45) is 4.42. The van der Waals surface area contributed by atoms with Gasteiger partial charge in [-0.25, -0.2) is 4.68 Å². The second-order valence-corrected chi connectivity index (χ2v) is 7.61. The van der Waals surface area contributed by atoms with Crippen molar-refractivity contribution in [3.05, 3.63) is 64.0 Å². The molecule has 182 valence electrons. The van der Waals surface area contributed by atoms with Gasteiger partial charge in [0.1, 0.15) is 18.8 Å². The number of carbonyl (C=O) groups is 2. The van der Waals surface area contributed by atoms with E-state index in [9.17, 15) is 19.7 Å². The number of nitro groups is 1. The molecule has 12 nitrogen and oxygen atoms in total. The largest absolute Gasteiger partial charge is 0.463 e. The number of carbonyl (C=O) groups excluding carboxylic acids is 2. The number of hydrogen-bond donors (Lipinski definition) is 0. The zero-order valence-corrected chi connectivity index (χ0v) is 18.9. The van der Waals surface area contributed by atoms with Crippen LogP contribution in [0.2, 0.25) is 0 Å². The quantitative estimate of drug-likeness (QED) is 0.156. The summed E-state index contributed by atoms with van der Waals surface area (Å²) in [5.74, 6) is -0.925. The van der Waals surface area contributed by atoms with Crippen LogP contribution in [-0.4, -0.2) is 63.6 Å². The third-order valence-corrected chi connectivity index (χ3v) is 4.82.